The van der Waals surface area contributed by atoms with Gasteiger partial charge in [-0.3, -0.25) is 0 Å². The van der Waals surface area contributed by atoms with Crippen LogP contribution >= 0.6 is 0 Å². The normalized spacial score (nSPS) is 10.7. The van der Waals surface area contributed by atoms with Crippen LogP contribution in [0.1, 0.15) is 0 Å². The van der Waals surface area contributed by atoms with Crippen molar-refractivity contribution in [1.82, 2.24) is 10.3 Å². The van der Waals surface area contributed by atoms with Crippen molar-refractivity contribution >= 4 is 11.0 Å². The van der Waals surface area contributed by atoms with Gasteiger partial charge >= 0.3 is 0 Å². The zero-order valence-corrected chi connectivity index (χ0v) is 5.21. The highest BCUT2D eigenvalue weighted by Crippen LogP contribution is 2.13. The van der Waals surface area contributed by atoms with E-state index in [-0.39, 0.29) is 11.0 Å². The fourth-order valence-electron chi connectivity index (χ4n) is 0.780. The minimum Gasteiger partial charge on any atom is -0.243 e. The van der Waals surface area contributed by atoms with Crippen molar-refractivity contribution in [2.24, 2.45) is 0 Å². The third-order valence-electron chi connectivity index (χ3n) is 1.30. The van der Waals surface area contributed by atoms with E-state index in [1.54, 1.807) is 0 Å². The molecule has 0 N–H and O–H groups in total. The molecule has 0 bridgehead atoms. The van der Waals surface area contributed by atoms with Crippen LogP contribution in [0.5, 0.6) is 0 Å². The number of benzene rings is 1. The molecular formula is C6H2F2N2O. The summed E-state index contributed by atoms with van der Waals surface area (Å²) in [5, 5.41) is 6.66. The molecule has 11 heavy (non-hydrogen) atoms. The zero-order valence-electron chi connectivity index (χ0n) is 5.21. The minimum absolute atomic E-state index is 0.212. The predicted molar refractivity (Wildman–Crippen MR) is 31.7 cm³/mol. The number of aromatic nitrogens is 2. The van der Waals surface area contributed by atoms with Crippen molar-refractivity contribution in [3.8, 4) is 0 Å². The standard InChI is InChI=1S/C6H2F2N2O/c7-3-1-5-6(2-4(3)8)10-11-9-5/h1-2H. The van der Waals surface area contributed by atoms with Gasteiger partial charge in [0.2, 0.25) is 0 Å². The van der Waals surface area contributed by atoms with Crippen molar-refractivity contribution in [3.05, 3.63) is 23.8 Å². The molecule has 2 rings (SSSR count). The van der Waals surface area contributed by atoms with E-state index in [4.69, 9.17) is 0 Å². The van der Waals surface area contributed by atoms with Gasteiger partial charge in [-0.25, -0.2) is 13.4 Å². The molecule has 0 fully saturated rings. The second-order valence-electron chi connectivity index (χ2n) is 2.02. The topological polar surface area (TPSA) is 38.9 Å². The lowest BCUT2D eigenvalue weighted by molar-refractivity contribution is 0.315. The monoisotopic (exact) mass is 156 g/mol. The Kier molecular flexibility index (Phi) is 1.12. The van der Waals surface area contributed by atoms with E-state index in [2.05, 4.69) is 14.9 Å². The van der Waals surface area contributed by atoms with Crippen molar-refractivity contribution < 1.29 is 13.4 Å². The molecule has 0 radical (unpaired) electrons. The number of fused-ring (bicyclic) bond motifs is 1. The molecule has 5 heteroatoms. The summed E-state index contributed by atoms with van der Waals surface area (Å²) < 4.78 is 29.1. The third kappa shape index (κ3) is 0.849. The van der Waals surface area contributed by atoms with Gasteiger partial charge in [0.25, 0.3) is 0 Å². The van der Waals surface area contributed by atoms with Gasteiger partial charge in [-0.1, -0.05) is 0 Å². The minimum atomic E-state index is -0.951. The van der Waals surface area contributed by atoms with E-state index < -0.39 is 11.6 Å². The average molecular weight is 156 g/mol. The molecule has 0 unspecified atom stereocenters. The van der Waals surface area contributed by atoms with E-state index >= 15 is 0 Å². The Morgan fingerprint density at radius 1 is 1.00 bits per heavy atom. The molecule has 0 saturated carbocycles. The Bertz CT molecular complexity index is 362. The highest BCUT2D eigenvalue weighted by atomic mass is 19.2. The molecule has 1 aromatic carbocycles. The molecule has 2 aromatic rings. The molecule has 3 nitrogen and oxygen atoms in total. The molecule has 0 atom stereocenters. The summed E-state index contributed by atoms with van der Waals surface area (Å²) in [5.74, 6) is -1.90. The molecular weight excluding hydrogens is 154 g/mol. The SMILES string of the molecule is Fc1cc2nonc2cc1F. The first kappa shape index (κ1) is 6.21. The molecule has 0 spiro atoms. The summed E-state index contributed by atoms with van der Waals surface area (Å²) in [6, 6.07) is 1.86. The maximum absolute atomic E-state index is 12.4. The number of hydrogen-bond donors (Lipinski definition) is 0. The van der Waals surface area contributed by atoms with Crippen LogP contribution in [0.3, 0.4) is 0 Å². The lowest BCUT2D eigenvalue weighted by Crippen LogP contribution is -1.82. The summed E-state index contributed by atoms with van der Waals surface area (Å²) in [6.07, 6.45) is 0. The molecule has 0 aliphatic heterocycles. The van der Waals surface area contributed by atoms with Gasteiger partial charge in [0.15, 0.2) is 11.6 Å². The Morgan fingerprint density at radius 2 is 1.45 bits per heavy atom. The average Bonchev–Trinajstić information content (AvgIpc) is 2.36. The molecule has 1 heterocycles. The van der Waals surface area contributed by atoms with E-state index in [1.165, 1.54) is 0 Å². The summed E-state index contributed by atoms with van der Waals surface area (Å²) in [6.45, 7) is 0. The van der Waals surface area contributed by atoms with Crippen molar-refractivity contribution in [3.63, 3.8) is 0 Å². The molecule has 0 aliphatic carbocycles. The van der Waals surface area contributed by atoms with Crippen LogP contribution in [0.25, 0.3) is 11.0 Å². The van der Waals surface area contributed by atoms with Crippen LogP contribution in [0, 0.1) is 11.6 Å². The maximum Gasteiger partial charge on any atom is 0.161 e. The predicted octanol–water partition coefficient (Wildman–Crippen LogP) is 1.50. The van der Waals surface area contributed by atoms with Crippen molar-refractivity contribution in [2.45, 2.75) is 0 Å². The maximum atomic E-state index is 12.4. The molecule has 0 saturated heterocycles. The van der Waals surface area contributed by atoms with Crippen LogP contribution in [0.15, 0.2) is 16.8 Å². The first-order valence-electron chi connectivity index (χ1n) is 2.85. The Balaban J connectivity index is 2.86. The molecule has 0 amide bonds. The number of rotatable bonds is 0. The fraction of sp³-hybridized carbons (Fsp3) is 0. The van der Waals surface area contributed by atoms with Crippen LogP contribution in [-0.2, 0) is 0 Å². The second-order valence-corrected chi connectivity index (χ2v) is 2.02. The summed E-state index contributed by atoms with van der Waals surface area (Å²) in [7, 11) is 0. The quantitative estimate of drug-likeness (QED) is 0.580. The number of halogens is 2. The summed E-state index contributed by atoms with van der Waals surface area (Å²) >= 11 is 0. The van der Waals surface area contributed by atoms with Crippen LogP contribution in [0.2, 0.25) is 0 Å². The van der Waals surface area contributed by atoms with Crippen LogP contribution < -0.4 is 0 Å². The third-order valence-corrected chi connectivity index (χ3v) is 1.30. The van der Waals surface area contributed by atoms with E-state index in [1.807, 2.05) is 0 Å². The van der Waals surface area contributed by atoms with Crippen molar-refractivity contribution in [2.75, 3.05) is 0 Å². The Labute approximate surface area is 59.6 Å². The number of hydrogen-bond acceptors (Lipinski definition) is 3. The zero-order chi connectivity index (χ0) is 7.84. The lowest BCUT2D eigenvalue weighted by atomic mass is 10.3. The van der Waals surface area contributed by atoms with E-state index in [9.17, 15) is 8.78 Å². The summed E-state index contributed by atoms with van der Waals surface area (Å²) in [5.41, 5.74) is 0.424. The van der Waals surface area contributed by atoms with E-state index in [0.29, 0.717) is 0 Å². The van der Waals surface area contributed by atoms with Gasteiger partial charge in [0.05, 0.1) is 0 Å². The van der Waals surface area contributed by atoms with Gasteiger partial charge in [0.1, 0.15) is 11.0 Å². The Hall–Kier alpha value is -1.52. The smallest absolute Gasteiger partial charge is 0.161 e. The fourth-order valence-corrected chi connectivity index (χ4v) is 0.780. The highest BCUT2D eigenvalue weighted by Gasteiger charge is 2.06. The highest BCUT2D eigenvalue weighted by molar-refractivity contribution is 5.72. The van der Waals surface area contributed by atoms with Gasteiger partial charge in [-0.15, -0.1) is 0 Å². The molecule has 56 valence electrons. The number of nitrogens with zero attached hydrogens (tertiary/aromatic N) is 2. The first-order chi connectivity index (χ1) is 5.27. The van der Waals surface area contributed by atoms with Gasteiger partial charge in [-0.05, 0) is 10.3 Å². The first-order valence-corrected chi connectivity index (χ1v) is 2.85. The Morgan fingerprint density at radius 3 is 1.91 bits per heavy atom. The molecule has 1 aromatic heterocycles. The lowest BCUT2D eigenvalue weighted by Gasteiger charge is -1.87. The van der Waals surface area contributed by atoms with Crippen LogP contribution in [-0.4, -0.2) is 10.3 Å². The molecule has 0 aliphatic rings. The van der Waals surface area contributed by atoms with Gasteiger partial charge < -0.3 is 0 Å². The van der Waals surface area contributed by atoms with E-state index in [0.717, 1.165) is 12.1 Å². The second kappa shape index (κ2) is 1.98. The van der Waals surface area contributed by atoms with Crippen LogP contribution in [0.4, 0.5) is 8.78 Å². The summed E-state index contributed by atoms with van der Waals surface area (Å²) in [4.78, 5) is 0. The van der Waals surface area contributed by atoms with Gasteiger partial charge in [0, 0.05) is 12.1 Å². The van der Waals surface area contributed by atoms with Crippen molar-refractivity contribution in [1.29, 1.82) is 0 Å². The van der Waals surface area contributed by atoms with Gasteiger partial charge in [-0.2, -0.15) is 0 Å². The largest absolute Gasteiger partial charge is 0.243 e.